The van der Waals surface area contributed by atoms with Crippen molar-refractivity contribution in [1.82, 2.24) is 24.2 Å². The van der Waals surface area contributed by atoms with Crippen molar-refractivity contribution in [2.45, 2.75) is 12.6 Å². The molecule has 0 spiro atoms. The number of likely N-dealkylation sites (N-methyl/N-ethyl adjacent to an activating group) is 1. The first-order valence-electron chi connectivity index (χ1n) is 11.5. The van der Waals surface area contributed by atoms with E-state index in [4.69, 9.17) is 0 Å². The second kappa shape index (κ2) is 8.07. The Morgan fingerprint density at radius 3 is 2.62 bits per heavy atom. The van der Waals surface area contributed by atoms with Crippen molar-refractivity contribution < 1.29 is 9.50 Å². The van der Waals surface area contributed by atoms with Crippen LogP contribution in [0.2, 0.25) is 0 Å². The first-order chi connectivity index (χ1) is 16.5. The first kappa shape index (κ1) is 21.1. The number of nitrogens with zero attached hydrogens (tertiary/aromatic N) is 6. The highest BCUT2D eigenvalue weighted by molar-refractivity contribution is 5.72. The van der Waals surface area contributed by atoms with E-state index < -0.39 is 0 Å². The fourth-order valence-corrected chi connectivity index (χ4v) is 5.34. The summed E-state index contributed by atoms with van der Waals surface area (Å²) in [5, 5.41) is 14.4. The molecule has 4 aromatic rings. The third kappa shape index (κ3) is 3.41. The molecule has 1 N–H and O–H groups in total. The third-order valence-electron chi connectivity index (χ3n) is 7.15. The van der Waals surface area contributed by atoms with Crippen molar-refractivity contribution in [1.29, 1.82) is 0 Å². The lowest BCUT2D eigenvalue weighted by Gasteiger charge is -2.24. The molecule has 0 aliphatic carbocycles. The molecule has 0 radical (unpaired) electrons. The van der Waals surface area contributed by atoms with E-state index >= 15 is 0 Å². The second-order valence-corrected chi connectivity index (χ2v) is 9.44. The van der Waals surface area contributed by atoms with E-state index in [2.05, 4.69) is 69.0 Å². The highest BCUT2D eigenvalue weighted by Gasteiger charge is 2.34. The highest BCUT2D eigenvalue weighted by atomic mass is 19.1. The van der Waals surface area contributed by atoms with E-state index in [0.717, 1.165) is 52.7 Å². The van der Waals surface area contributed by atoms with Crippen LogP contribution in [-0.2, 0) is 6.54 Å². The molecule has 2 aromatic carbocycles. The van der Waals surface area contributed by atoms with Crippen LogP contribution >= 0.6 is 0 Å². The Morgan fingerprint density at radius 2 is 1.88 bits per heavy atom. The van der Waals surface area contributed by atoms with E-state index in [1.807, 2.05) is 4.68 Å². The molecule has 34 heavy (non-hydrogen) atoms. The summed E-state index contributed by atoms with van der Waals surface area (Å²) in [5.74, 6) is 0.770. The maximum absolute atomic E-state index is 13.4. The standard InChI is InChI=1S/C26H27FN6O/c1-30(2)25-14-31(13-20(25)15-34)22-7-8-23-19(9-22)12-32-11-18(17-3-5-21(27)6-4-17)10-24(32)26-28-16-29-33(23)26/h3-11,16,20,25,34H,12-15H2,1-2H3/t20-,25+/m0/s1. The number of rotatable bonds is 4. The van der Waals surface area contributed by atoms with Crippen LogP contribution in [0, 0.1) is 11.7 Å². The molecule has 7 nitrogen and oxygen atoms in total. The largest absolute Gasteiger partial charge is 0.396 e. The van der Waals surface area contributed by atoms with Gasteiger partial charge in [-0.3, -0.25) is 0 Å². The van der Waals surface area contributed by atoms with E-state index in [9.17, 15) is 9.50 Å². The van der Waals surface area contributed by atoms with Gasteiger partial charge in [0.1, 0.15) is 12.1 Å². The van der Waals surface area contributed by atoms with Gasteiger partial charge in [0.05, 0.1) is 11.4 Å². The Bertz CT molecular complexity index is 1340. The molecular weight excluding hydrogens is 431 g/mol. The molecule has 0 amide bonds. The second-order valence-electron chi connectivity index (χ2n) is 9.44. The van der Waals surface area contributed by atoms with Crippen LogP contribution in [0.25, 0.3) is 28.3 Å². The summed E-state index contributed by atoms with van der Waals surface area (Å²) in [6.07, 6.45) is 3.68. The van der Waals surface area contributed by atoms with Crippen molar-refractivity contribution in [3.8, 4) is 28.3 Å². The molecule has 4 heterocycles. The molecular formula is C26H27FN6O. The van der Waals surface area contributed by atoms with E-state index in [1.165, 1.54) is 12.1 Å². The topological polar surface area (TPSA) is 62.3 Å². The molecule has 0 unspecified atom stereocenters. The monoisotopic (exact) mass is 458 g/mol. The van der Waals surface area contributed by atoms with Crippen LogP contribution < -0.4 is 4.90 Å². The van der Waals surface area contributed by atoms with Crippen LogP contribution in [0.15, 0.2) is 61.1 Å². The lowest BCUT2D eigenvalue weighted by atomic mass is 10.0. The predicted octanol–water partition coefficient (Wildman–Crippen LogP) is 3.26. The maximum Gasteiger partial charge on any atom is 0.179 e. The van der Waals surface area contributed by atoms with Gasteiger partial charge in [-0.1, -0.05) is 12.1 Å². The lowest BCUT2D eigenvalue weighted by Crippen LogP contribution is -2.36. The van der Waals surface area contributed by atoms with Crippen LogP contribution in [0.3, 0.4) is 0 Å². The van der Waals surface area contributed by atoms with Crippen LogP contribution in [0.1, 0.15) is 5.56 Å². The number of anilines is 1. The van der Waals surface area contributed by atoms with Gasteiger partial charge in [0.15, 0.2) is 5.82 Å². The predicted molar refractivity (Wildman–Crippen MR) is 130 cm³/mol. The van der Waals surface area contributed by atoms with E-state index in [1.54, 1.807) is 18.5 Å². The Morgan fingerprint density at radius 1 is 1.06 bits per heavy atom. The minimum Gasteiger partial charge on any atom is -0.396 e. The van der Waals surface area contributed by atoms with Gasteiger partial charge in [-0.05, 0) is 61.6 Å². The normalized spacial score (nSPS) is 19.1. The minimum absolute atomic E-state index is 0.186. The summed E-state index contributed by atoms with van der Waals surface area (Å²) in [7, 11) is 4.15. The Labute approximate surface area is 197 Å². The zero-order valence-electron chi connectivity index (χ0n) is 19.3. The minimum atomic E-state index is -0.243. The summed E-state index contributed by atoms with van der Waals surface area (Å²) in [5.41, 5.74) is 6.27. The number of fused-ring (bicyclic) bond motifs is 5. The van der Waals surface area contributed by atoms with Crippen molar-refractivity contribution in [3.05, 3.63) is 72.4 Å². The van der Waals surface area contributed by atoms with Gasteiger partial charge >= 0.3 is 0 Å². The van der Waals surface area contributed by atoms with Crippen molar-refractivity contribution in [3.63, 3.8) is 0 Å². The maximum atomic E-state index is 13.4. The average molecular weight is 459 g/mol. The van der Waals surface area contributed by atoms with Gasteiger partial charge in [-0.25, -0.2) is 14.1 Å². The van der Waals surface area contributed by atoms with Gasteiger partial charge in [-0.15, -0.1) is 0 Å². The fraction of sp³-hybridized carbons (Fsp3) is 0.308. The Hall–Kier alpha value is -3.49. The molecule has 2 atom stereocenters. The highest BCUT2D eigenvalue weighted by Crippen LogP contribution is 2.35. The zero-order valence-corrected chi connectivity index (χ0v) is 19.3. The summed E-state index contributed by atoms with van der Waals surface area (Å²) in [4.78, 5) is 9.12. The summed E-state index contributed by atoms with van der Waals surface area (Å²) >= 11 is 0. The fourth-order valence-electron chi connectivity index (χ4n) is 5.34. The average Bonchev–Trinajstić information content (AvgIpc) is 3.56. The van der Waals surface area contributed by atoms with E-state index in [0.29, 0.717) is 12.6 Å². The van der Waals surface area contributed by atoms with Gasteiger partial charge in [0.2, 0.25) is 0 Å². The molecule has 174 valence electrons. The number of hydrogen-bond donors (Lipinski definition) is 1. The van der Waals surface area contributed by atoms with Gasteiger partial charge in [0.25, 0.3) is 0 Å². The van der Waals surface area contributed by atoms with Gasteiger partial charge in [-0.2, -0.15) is 5.10 Å². The number of aliphatic hydroxyl groups excluding tert-OH is 1. The lowest BCUT2D eigenvalue weighted by molar-refractivity contribution is 0.168. The van der Waals surface area contributed by atoms with Crippen molar-refractivity contribution in [2.75, 3.05) is 38.7 Å². The molecule has 6 rings (SSSR count). The van der Waals surface area contributed by atoms with Gasteiger partial charge < -0.3 is 19.5 Å². The number of aliphatic hydroxyl groups is 1. The first-order valence-corrected chi connectivity index (χ1v) is 11.5. The smallest absolute Gasteiger partial charge is 0.179 e. The quantitative estimate of drug-likeness (QED) is 0.448. The Balaban J connectivity index is 1.39. The summed E-state index contributed by atoms with van der Waals surface area (Å²) < 4.78 is 17.5. The molecule has 1 saturated heterocycles. The third-order valence-corrected chi connectivity index (χ3v) is 7.15. The number of benzene rings is 2. The summed E-state index contributed by atoms with van der Waals surface area (Å²) in [6.45, 7) is 2.58. The number of halogens is 1. The molecule has 0 bridgehead atoms. The Kier molecular flexibility index (Phi) is 5.00. The SMILES string of the molecule is CN(C)[C@@H]1CN(c2ccc3c(c2)Cn2cc(-c4ccc(F)cc4)cc2-c2ncnn2-3)C[C@H]1CO. The van der Waals surface area contributed by atoms with Crippen LogP contribution in [0.5, 0.6) is 0 Å². The molecule has 2 aliphatic heterocycles. The van der Waals surface area contributed by atoms with Crippen LogP contribution in [0.4, 0.5) is 10.1 Å². The number of aromatic nitrogens is 4. The number of hydrogen-bond acceptors (Lipinski definition) is 5. The summed E-state index contributed by atoms with van der Waals surface area (Å²) in [6, 6.07) is 15.5. The van der Waals surface area contributed by atoms with Crippen molar-refractivity contribution in [2.24, 2.45) is 5.92 Å². The molecule has 0 saturated carbocycles. The molecule has 2 aliphatic rings. The zero-order chi connectivity index (χ0) is 23.4. The van der Waals surface area contributed by atoms with Gasteiger partial charge in [0, 0.05) is 55.6 Å². The van der Waals surface area contributed by atoms with Crippen LogP contribution in [-0.4, -0.2) is 69.2 Å². The van der Waals surface area contributed by atoms with E-state index in [-0.39, 0.29) is 18.3 Å². The molecule has 1 fully saturated rings. The molecule has 8 heteroatoms. The van der Waals surface area contributed by atoms with Crippen molar-refractivity contribution >= 4 is 5.69 Å². The molecule has 2 aromatic heterocycles.